The SMILES string of the molecule is C=C1NC(CC(C)C)C(=O)NCC(=O)NC2(CS/C=C\NC(=O)C(CO)NC(=O)C(CCC(N)=O)NC2=O)CC1NC(=O)C(C)NC(=O)CCCCCCCCCCCCCCCCNC(=NC)NC. The van der Waals surface area contributed by atoms with Crippen molar-refractivity contribution in [1.82, 2.24) is 53.2 Å². The summed E-state index contributed by atoms with van der Waals surface area (Å²) in [6.45, 7) is 9.11. The average molecular weight is 1010 g/mol. The number of nitrogens with one attached hydrogen (secondary N) is 10. The lowest BCUT2D eigenvalue weighted by molar-refractivity contribution is -0.137. The Hall–Kier alpha value is -5.38. The van der Waals surface area contributed by atoms with Crippen LogP contribution in [0, 0.1) is 5.92 Å². The third-order valence-corrected chi connectivity index (χ3v) is 13.1. The lowest BCUT2D eigenvalue weighted by Gasteiger charge is -2.38. The van der Waals surface area contributed by atoms with E-state index in [0.717, 1.165) is 56.4 Å². The molecule has 0 aliphatic carbocycles. The van der Waals surface area contributed by atoms with Crippen LogP contribution in [-0.2, 0) is 38.4 Å². The summed E-state index contributed by atoms with van der Waals surface area (Å²) in [7, 11) is 3.63. The molecule has 1 fully saturated rings. The van der Waals surface area contributed by atoms with Crippen molar-refractivity contribution in [1.29, 1.82) is 0 Å². The molecule has 13 N–H and O–H groups in total. The maximum absolute atomic E-state index is 14.7. The van der Waals surface area contributed by atoms with Gasteiger partial charge in [-0.2, -0.15) is 0 Å². The van der Waals surface area contributed by atoms with Gasteiger partial charge in [0.15, 0.2) is 5.96 Å². The van der Waals surface area contributed by atoms with Crippen molar-refractivity contribution in [2.75, 3.05) is 39.5 Å². The van der Waals surface area contributed by atoms with Crippen LogP contribution < -0.4 is 58.9 Å². The molecule has 2 aliphatic rings. The monoisotopic (exact) mass is 1000 g/mol. The van der Waals surface area contributed by atoms with Crippen molar-refractivity contribution in [2.45, 2.75) is 179 Å². The summed E-state index contributed by atoms with van der Waals surface area (Å²) in [6.07, 6.45) is 16.7. The smallest absolute Gasteiger partial charge is 0.248 e. The number of primary amides is 1. The number of aliphatic imine (C=N–C) groups is 1. The Morgan fingerprint density at radius 1 is 0.843 bits per heavy atom. The molecule has 0 aromatic rings. The first-order valence-corrected chi connectivity index (χ1v) is 26.1. The standard InChI is InChI=1S/C48H84N12O9S/c1-32(2)27-36-43(66)54-29-41(64)60-48(31-70-26-25-52-44(67)38(30-61)58-45(68)35(59-46(48)69)22-23-39(49)62)28-37(33(3)55-36)57-42(65)34(4)56-40(63)21-19-17-15-13-11-9-7-8-10-12-14-16-18-20-24-53-47(50-5)51-6/h25-26,32,34-38,55,61H,3,7-24,27-31H2,1-2,4-6H3,(H2,49,62)(H,52,67)(H,54,66)(H,56,63)(H,57,65)(H,58,68)(H,59,69)(H,60,64)(H2,50,51,53)/b26-25-. The largest absolute Gasteiger partial charge is 0.394 e. The van der Waals surface area contributed by atoms with Crippen LogP contribution in [0.15, 0.2) is 28.9 Å². The Bertz CT molecular complexity index is 1780. The van der Waals surface area contributed by atoms with Gasteiger partial charge in [-0.3, -0.25) is 43.3 Å². The number of rotatable bonds is 26. The molecule has 0 aromatic heterocycles. The Balaban J connectivity index is 2.10. The maximum atomic E-state index is 14.7. The number of aliphatic hydroxyl groups excluding tert-OH is 1. The van der Waals surface area contributed by atoms with E-state index in [0.29, 0.717) is 12.8 Å². The fourth-order valence-corrected chi connectivity index (χ4v) is 8.93. The van der Waals surface area contributed by atoms with Crippen LogP contribution >= 0.6 is 11.8 Å². The molecule has 21 nitrogen and oxygen atoms in total. The van der Waals surface area contributed by atoms with Crippen molar-refractivity contribution in [3.63, 3.8) is 0 Å². The van der Waals surface area contributed by atoms with Crippen LogP contribution in [0.5, 0.6) is 0 Å². The zero-order valence-electron chi connectivity index (χ0n) is 42.2. The van der Waals surface area contributed by atoms with E-state index in [4.69, 9.17) is 5.73 Å². The van der Waals surface area contributed by atoms with E-state index < -0.39 is 90.3 Å². The summed E-state index contributed by atoms with van der Waals surface area (Å²) in [5.41, 5.74) is 3.55. The van der Waals surface area contributed by atoms with Crippen molar-refractivity contribution in [2.24, 2.45) is 16.6 Å². The number of unbranched alkanes of at least 4 members (excludes halogenated alkanes) is 13. The predicted octanol–water partition coefficient (Wildman–Crippen LogP) is 1.08. The summed E-state index contributed by atoms with van der Waals surface area (Å²) in [4.78, 5) is 111. The Morgan fingerprint density at radius 3 is 2.03 bits per heavy atom. The van der Waals surface area contributed by atoms with Gasteiger partial charge in [-0.05, 0) is 43.9 Å². The van der Waals surface area contributed by atoms with Gasteiger partial charge in [-0.1, -0.05) is 97.5 Å². The Morgan fingerprint density at radius 2 is 1.46 bits per heavy atom. The molecular weight excluding hydrogens is 921 g/mol. The number of hydrogen-bond donors (Lipinski definition) is 12. The minimum absolute atomic E-state index is 0.0110. The lowest BCUT2D eigenvalue weighted by atomic mass is 9.88. The highest BCUT2D eigenvalue weighted by atomic mass is 32.2. The molecule has 1 spiro atoms. The number of nitrogens with zero attached hydrogens (tertiary/aromatic N) is 1. The number of thioether (sulfide) groups is 1. The molecule has 8 amide bonds. The zero-order valence-corrected chi connectivity index (χ0v) is 43.1. The molecule has 2 aliphatic heterocycles. The fraction of sp³-hybridized carbons (Fsp3) is 0.729. The third-order valence-electron chi connectivity index (χ3n) is 12.1. The highest BCUT2D eigenvalue weighted by Crippen LogP contribution is 2.25. The van der Waals surface area contributed by atoms with Gasteiger partial charge >= 0.3 is 0 Å². The summed E-state index contributed by atoms with van der Waals surface area (Å²) in [6, 6.07) is -6.01. The molecule has 396 valence electrons. The first-order valence-electron chi connectivity index (χ1n) is 25.0. The minimum atomic E-state index is -1.97. The average Bonchev–Trinajstić information content (AvgIpc) is 3.32. The molecule has 6 unspecified atom stereocenters. The second-order valence-corrected chi connectivity index (χ2v) is 19.5. The highest BCUT2D eigenvalue weighted by molar-refractivity contribution is 8.02. The van der Waals surface area contributed by atoms with Gasteiger partial charge in [-0.15, -0.1) is 11.8 Å². The third kappa shape index (κ3) is 24.0. The molecular formula is C48H84N12O9S. The van der Waals surface area contributed by atoms with Crippen LogP contribution in [0.3, 0.4) is 0 Å². The van der Waals surface area contributed by atoms with E-state index >= 15 is 0 Å². The van der Waals surface area contributed by atoms with Crippen molar-refractivity contribution >= 4 is 65.0 Å². The van der Waals surface area contributed by atoms with Crippen molar-refractivity contribution < 1.29 is 43.5 Å². The summed E-state index contributed by atoms with van der Waals surface area (Å²) >= 11 is 0.994. The number of guanidine groups is 1. The first kappa shape index (κ1) is 60.7. The Labute approximate surface area is 418 Å². The van der Waals surface area contributed by atoms with E-state index in [1.165, 1.54) is 69.9 Å². The van der Waals surface area contributed by atoms with E-state index in [9.17, 15) is 43.5 Å². The van der Waals surface area contributed by atoms with Gasteiger partial charge in [0, 0.05) is 57.6 Å². The molecule has 2 rings (SSSR count). The molecule has 70 heavy (non-hydrogen) atoms. The van der Waals surface area contributed by atoms with E-state index in [1.54, 1.807) is 7.05 Å². The zero-order chi connectivity index (χ0) is 51.9. The summed E-state index contributed by atoms with van der Waals surface area (Å²) in [5, 5.41) is 39.1. The number of hydrogen-bond acceptors (Lipinski definition) is 12. The molecule has 1 saturated heterocycles. The Kier molecular flexibility index (Phi) is 29.5. The molecule has 0 radical (unpaired) electrons. The van der Waals surface area contributed by atoms with Crippen LogP contribution in [0.4, 0.5) is 0 Å². The van der Waals surface area contributed by atoms with Crippen LogP contribution in [-0.4, -0.2) is 134 Å². The predicted molar refractivity (Wildman–Crippen MR) is 272 cm³/mol. The number of aliphatic hydroxyl groups is 1. The highest BCUT2D eigenvalue weighted by Gasteiger charge is 2.45. The van der Waals surface area contributed by atoms with Crippen molar-refractivity contribution in [3.8, 4) is 0 Å². The fourth-order valence-electron chi connectivity index (χ4n) is 8.07. The topological polar surface area (TPSA) is 315 Å². The van der Waals surface area contributed by atoms with E-state index in [-0.39, 0.29) is 49.0 Å². The van der Waals surface area contributed by atoms with E-state index in [2.05, 4.69) is 64.7 Å². The first-order chi connectivity index (χ1) is 33.4. The molecule has 0 bridgehead atoms. The van der Waals surface area contributed by atoms with E-state index in [1.807, 2.05) is 20.9 Å². The molecule has 0 saturated carbocycles. The summed E-state index contributed by atoms with van der Waals surface area (Å²) in [5.74, 6) is -5.03. The van der Waals surface area contributed by atoms with Crippen LogP contribution in [0.1, 0.15) is 143 Å². The van der Waals surface area contributed by atoms with Gasteiger partial charge in [-0.25, -0.2) is 0 Å². The number of carbonyl (C=O) groups excluding carboxylic acids is 8. The molecule has 6 atom stereocenters. The van der Waals surface area contributed by atoms with Crippen LogP contribution in [0.25, 0.3) is 0 Å². The summed E-state index contributed by atoms with van der Waals surface area (Å²) < 4.78 is 0. The molecule has 0 aromatic carbocycles. The second kappa shape index (κ2) is 34.0. The maximum Gasteiger partial charge on any atom is 0.248 e. The lowest BCUT2D eigenvalue weighted by Crippen LogP contribution is -2.66. The van der Waals surface area contributed by atoms with Crippen LogP contribution in [0.2, 0.25) is 0 Å². The van der Waals surface area contributed by atoms with Gasteiger partial charge in [0.2, 0.25) is 47.3 Å². The quantitative estimate of drug-likeness (QED) is 0.0329. The normalized spacial score (nSPS) is 22.8. The number of nitrogens with two attached hydrogens (primary N) is 1. The van der Waals surface area contributed by atoms with Gasteiger partial charge in [0.1, 0.15) is 29.7 Å². The van der Waals surface area contributed by atoms with Gasteiger partial charge in [0.25, 0.3) is 0 Å². The van der Waals surface area contributed by atoms with Gasteiger partial charge < -0.3 is 64.0 Å². The van der Waals surface area contributed by atoms with Gasteiger partial charge in [0.05, 0.1) is 19.2 Å². The number of carbonyl (C=O) groups is 8. The molecule has 2 heterocycles. The number of amides is 8. The minimum Gasteiger partial charge on any atom is -0.394 e. The van der Waals surface area contributed by atoms with Crippen molar-refractivity contribution in [3.05, 3.63) is 23.9 Å². The second-order valence-electron chi connectivity index (χ2n) is 18.6. The molecule has 22 heteroatoms.